The van der Waals surface area contributed by atoms with Crippen molar-refractivity contribution in [3.8, 4) is 12.3 Å². The Kier molecular flexibility index (Phi) is 5.10. The molecule has 1 rings (SSSR count). The second kappa shape index (κ2) is 6.13. The number of benzene rings is 1. The number of halogens is 1. The van der Waals surface area contributed by atoms with Gasteiger partial charge in [-0.25, -0.2) is 0 Å². The van der Waals surface area contributed by atoms with Gasteiger partial charge in [0.05, 0.1) is 0 Å². The molecule has 2 N–H and O–H groups in total. The minimum absolute atomic E-state index is 0.0807. The highest BCUT2D eigenvalue weighted by Gasteiger charge is 2.03. The topological polar surface area (TPSA) is 26.0 Å². The maximum atomic E-state index is 5.80. The molecule has 0 saturated heterocycles. The lowest BCUT2D eigenvalue weighted by Gasteiger charge is -2.08. The quantitative estimate of drug-likeness (QED) is 0.672. The van der Waals surface area contributed by atoms with E-state index in [2.05, 4.69) is 27.9 Å². The van der Waals surface area contributed by atoms with Crippen molar-refractivity contribution in [3.63, 3.8) is 0 Å². The molecule has 1 atom stereocenters. The summed E-state index contributed by atoms with van der Waals surface area (Å²) in [7, 11) is 0. The molecular formula is C11H12BrNS. The van der Waals surface area contributed by atoms with Gasteiger partial charge in [-0.3, -0.25) is 0 Å². The Morgan fingerprint density at radius 1 is 1.50 bits per heavy atom. The van der Waals surface area contributed by atoms with Gasteiger partial charge < -0.3 is 5.73 Å². The Morgan fingerprint density at radius 3 is 2.86 bits per heavy atom. The van der Waals surface area contributed by atoms with Crippen LogP contribution in [0.1, 0.15) is 6.42 Å². The summed E-state index contributed by atoms with van der Waals surface area (Å²) in [4.78, 5) is 1.21. The summed E-state index contributed by atoms with van der Waals surface area (Å²) < 4.78 is 1.11. The van der Waals surface area contributed by atoms with Gasteiger partial charge in [-0.1, -0.05) is 12.1 Å². The van der Waals surface area contributed by atoms with E-state index in [1.165, 1.54) is 4.90 Å². The summed E-state index contributed by atoms with van der Waals surface area (Å²) in [5.41, 5.74) is 5.80. The molecule has 0 aromatic heterocycles. The van der Waals surface area contributed by atoms with E-state index in [4.69, 9.17) is 12.2 Å². The lowest BCUT2D eigenvalue weighted by atomic mass is 10.3. The van der Waals surface area contributed by atoms with E-state index in [-0.39, 0.29) is 6.04 Å². The van der Waals surface area contributed by atoms with Crippen LogP contribution < -0.4 is 5.73 Å². The van der Waals surface area contributed by atoms with Gasteiger partial charge in [0.15, 0.2) is 0 Å². The van der Waals surface area contributed by atoms with Crippen LogP contribution in [0.25, 0.3) is 0 Å². The minimum atomic E-state index is 0.0807. The third-order valence-electron chi connectivity index (χ3n) is 1.67. The van der Waals surface area contributed by atoms with Crippen molar-refractivity contribution in [2.75, 3.05) is 5.75 Å². The van der Waals surface area contributed by atoms with E-state index in [1.54, 1.807) is 11.8 Å². The predicted octanol–water partition coefficient (Wildman–Crippen LogP) is 2.89. The van der Waals surface area contributed by atoms with Crippen LogP contribution in [-0.2, 0) is 0 Å². The molecule has 0 amide bonds. The van der Waals surface area contributed by atoms with Gasteiger partial charge in [0.2, 0.25) is 0 Å². The van der Waals surface area contributed by atoms with E-state index in [9.17, 15) is 0 Å². The summed E-state index contributed by atoms with van der Waals surface area (Å²) in [6, 6.07) is 8.18. The van der Waals surface area contributed by atoms with Crippen LogP contribution in [-0.4, -0.2) is 11.8 Å². The maximum Gasteiger partial charge on any atom is 0.0311 e. The average Bonchev–Trinajstić information content (AvgIpc) is 2.17. The highest BCUT2D eigenvalue weighted by Crippen LogP contribution is 2.27. The fourth-order valence-electron chi connectivity index (χ4n) is 0.969. The highest BCUT2D eigenvalue weighted by atomic mass is 79.9. The van der Waals surface area contributed by atoms with Crippen LogP contribution in [0.2, 0.25) is 0 Å². The van der Waals surface area contributed by atoms with Crippen LogP contribution in [0, 0.1) is 12.3 Å². The second-order valence-electron chi connectivity index (χ2n) is 2.91. The largest absolute Gasteiger partial charge is 0.326 e. The molecule has 0 bridgehead atoms. The minimum Gasteiger partial charge on any atom is -0.326 e. The Labute approximate surface area is 97.6 Å². The van der Waals surface area contributed by atoms with Gasteiger partial charge in [0.1, 0.15) is 0 Å². The average molecular weight is 270 g/mol. The molecule has 0 spiro atoms. The molecule has 3 heteroatoms. The molecule has 1 unspecified atom stereocenters. The molecule has 0 aliphatic rings. The third kappa shape index (κ3) is 3.75. The lowest BCUT2D eigenvalue weighted by Crippen LogP contribution is -2.21. The van der Waals surface area contributed by atoms with Crippen molar-refractivity contribution < 1.29 is 0 Å². The van der Waals surface area contributed by atoms with Crippen LogP contribution in [0.15, 0.2) is 33.6 Å². The Morgan fingerprint density at radius 2 is 2.21 bits per heavy atom. The molecule has 0 aliphatic carbocycles. The fraction of sp³-hybridized carbons (Fsp3) is 0.273. The molecule has 0 aliphatic heterocycles. The fourth-order valence-corrected chi connectivity index (χ4v) is 2.49. The second-order valence-corrected chi connectivity index (χ2v) is 4.83. The summed E-state index contributed by atoms with van der Waals surface area (Å²) in [5.74, 6) is 3.42. The van der Waals surface area contributed by atoms with Crippen molar-refractivity contribution >= 4 is 27.7 Å². The number of nitrogens with two attached hydrogens (primary N) is 1. The standard InChI is InChI=1S/C11H12BrNS/c1-2-5-9(13)8-14-11-7-4-3-6-10(11)12/h1,3-4,6-7,9H,5,8,13H2. The molecule has 0 heterocycles. The van der Waals surface area contributed by atoms with Gasteiger partial charge in [-0.2, -0.15) is 0 Å². The highest BCUT2D eigenvalue weighted by molar-refractivity contribution is 9.10. The molecule has 1 nitrogen and oxygen atoms in total. The van der Waals surface area contributed by atoms with Crippen molar-refractivity contribution in [2.24, 2.45) is 5.73 Å². The molecule has 74 valence electrons. The van der Waals surface area contributed by atoms with Gasteiger partial charge in [0, 0.05) is 27.6 Å². The molecule has 0 saturated carbocycles. The Balaban J connectivity index is 2.46. The molecule has 1 aromatic rings. The van der Waals surface area contributed by atoms with Gasteiger partial charge in [0.25, 0.3) is 0 Å². The van der Waals surface area contributed by atoms with Crippen LogP contribution in [0.5, 0.6) is 0 Å². The first kappa shape index (κ1) is 11.6. The number of hydrogen-bond acceptors (Lipinski definition) is 2. The summed E-state index contributed by atoms with van der Waals surface area (Å²) in [6.07, 6.45) is 5.82. The van der Waals surface area contributed by atoms with Crippen LogP contribution in [0.3, 0.4) is 0 Å². The Hall–Kier alpha value is -0.430. The van der Waals surface area contributed by atoms with E-state index in [0.29, 0.717) is 6.42 Å². The van der Waals surface area contributed by atoms with Gasteiger partial charge in [-0.15, -0.1) is 24.1 Å². The van der Waals surface area contributed by atoms with E-state index < -0.39 is 0 Å². The monoisotopic (exact) mass is 269 g/mol. The molecule has 0 radical (unpaired) electrons. The van der Waals surface area contributed by atoms with E-state index >= 15 is 0 Å². The van der Waals surface area contributed by atoms with E-state index in [0.717, 1.165) is 10.2 Å². The zero-order valence-electron chi connectivity index (χ0n) is 7.74. The number of hydrogen-bond donors (Lipinski definition) is 1. The Bertz CT molecular complexity index is 332. The molecule has 14 heavy (non-hydrogen) atoms. The van der Waals surface area contributed by atoms with Crippen LogP contribution >= 0.6 is 27.7 Å². The number of rotatable bonds is 4. The summed E-state index contributed by atoms with van der Waals surface area (Å²) >= 11 is 5.21. The van der Waals surface area contributed by atoms with Crippen LogP contribution in [0.4, 0.5) is 0 Å². The van der Waals surface area contributed by atoms with E-state index in [1.807, 2.05) is 18.2 Å². The molecular weight excluding hydrogens is 258 g/mol. The van der Waals surface area contributed by atoms with Gasteiger partial charge >= 0.3 is 0 Å². The van der Waals surface area contributed by atoms with Crippen molar-refractivity contribution in [2.45, 2.75) is 17.4 Å². The smallest absolute Gasteiger partial charge is 0.0311 e. The zero-order chi connectivity index (χ0) is 10.4. The zero-order valence-corrected chi connectivity index (χ0v) is 10.1. The summed E-state index contributed by atoms with van der Waals surface area (Å²) in [5, 5.41) is 0. The molecule has 0 fully saturated rings. The van der Waals surface area contributed by atoms with Crippen molar-refractivity contribution in [3.05, 3.63) is 28.7 Å². The SMILES string of the molecule is C#CCC(N)CSc1ccccc1Br. The first-order valence-electron chi connectivity index (χ1n) is 4.30. The summed E-state index contributed by atoms with van der Waals surface area (Å²) in [6.45, 7) is 0. The van der Waals surface area contributed by atoms with Gasteiger partial charge in [-0.05, 0) is 28.1 Å². The molecule has 1 aromatic carbocycles. The first-order chi connectivity index (χ1) is 6.74. The maximum absolute atomic E-state index is 5.80. The predicted molar refractivity (Wildman–Crippen MR) is 66.3 cm³/mol. The number of thioether (sulfide) groups is 1. The normalized spacial score (nSPS) is 12.1. The number of terminal acetylenes is 1. The first-order valence-corrected chi connectivity index (χ1v) is 6.08. The van der Waals surface area contributed by atoms with Crippen molar-refractivity contribution in [1.29, 1.82) is 0 Å². The third-order valence-corrected chi connectivity index (χ3v) is 3.89. The lowest BCUT2D eigenvalue weighted by molar-refractivity contribution is 0.782. The van der Waals surface area contributed by atoms with Crippen molar-refractivity contribution in [1.82, 2.24) is 0 Å².